The van der Waals surface area contributed by atoms with Crippen molar-refractivity contribution in [1.29, 1.82) is 0 Å². The van der Waals surface area contributed by atoms with Gasteiger partial charge in [-0.05, 0) is 55.8 Å². The third-order valence-electron chi connectivity index (χ3n) is 5.11. The fraction of sp³-hybridized carbons (Fsp3) is 0.476. The van der Waals surface area contributed by atoms with E-state index in [2.05, 4.69) is 11.8 Å². The van der Waals surface area contributed by atoms with Gasteiger partial charge in [-0.1, -0.05) is 37.1 Å². The van der Waals surface area contributed by atoms with E-state index in [1.807, 2.05) is 26.8 Å². The summed E-state index contributed by atoms with van der Waals surface area (Å²) in [5, 5.41) is 13.9. The Balaban J connectivity index is 2.78. The Labute approximate surface area is 154 Å². The van der Waals surface area contributed by atoms with Crippen LogP contribution in [-0.2, 0) is 11.2 Å². The number of carbonyl (C=O) groups is 1. The molecule has 140 valence electrons. The van der Waals surface area contributed by atoms with E-state index in [1.54, 1.807) is 6.07 Å². The first kappa shape index (κ1) is 19.9. The van der Waals surface area contributed by atoms with Crippen LogP contribution in [0.2, 0.25) is 0 Å². The maximum absolute atomic E-state index is 12.4. The molecule has 26 heavy (non-hydrogen) atoms. The van der Waals surface area contributed by atoms with Gasteiger partial charge in [-0.3, -0.25) is 0 Å². The zero-order valence-electron chi connectivity index (χ0n) is 16.0. The van der Waals surface area contributed by atoms with E-state index in [1.165, 1.54) is 12.7 Å². The van der Waals surface area contributed by atoms with Crippen LogP contribution >= 0.6 is 0 Å². The van der Waals surface area contributed by atoms with E-state index in [0.29, 0.717) is 17.5 Å². The van der Waals surface area contributed by atoms with Gasteiger partial charge in [-0.2, -0.15) is 0 Å². The summed E-state index contributed by atoms with van der Waals surface area (Å²) in [6, 6.07) is 1.58. The van der Waals surface area contributed by atoms with Crippen molar-refractivity contribution in [3.8, 4) is 5.75 Å². The van der Waals surface area contributed by atoms with Crippen LogP contribution in [0, 0.1) is 10.8 Å². The van der Waals surface area contributed by atoms with E-state index < -0.39 is 5.97 Å². The molecule has 0 fully saturated rings. The highest BCUT2D eigenvalue weighted by Crippen LogP contribution is 2.48. The molecule has 2 rings (SSSR count). The minimum Gasteiger partial charge on any atom is -0.508 e. The van der Waals surface area contributed by atoms with Gasteiger partial charge in [-0.25, -0.2) is 4.79 Å². The zero-order chi connectivity index (χ0) is 19.4. The third-order valence-corrected chi connectivity index (χ3v) is 5.11. The number of hydrogen-bond acceptors (Lipinski definition) is 5. The lowest BCUT2D eigenvalue weighted by atomic mass is 9.73. The highest BCUT2D eigenvalue weighted by molar-refractivity contribution is 5.98. The summed E-state index contributed by atoms with van der Waals surface area (Å²) in [4.78, 5) is 24.1. The number of phenols is 1. The number of aryl methyl sites for hydroxylation is 1. The Morgan fingerprint density at radius 1 is 1.46 bits per heavy atom. The second-order valence-electron chi connectivity index (χ2n) is 7.06. The number of carbonyl (C=O) groups excluding carboxylic acids is 1. The minimum absolute atomic E-state index is 0.00194. The number of methoxy groups -OCH3 is 1. The van der Waals surface area contributed by atoms with Crippen LogP contribution in [0.25, 0.3) is 0 Å². The third kappa shape index (κ3) is 3.71. The van der Waals surface area contributed by atoms with Gasteiger partial charge in [0.1, 0.15) is 11.4 Å². The quantitative estimate of drug-likeness (QED) is 0.412. The summed E-state index contributed by atoms with van der Waals surface area (Å²) in [5.74, 6) is -0.772. The zero-order valence-corrected chi connectivity index (χ0v) is 16.0. The van der Waals surface area contributed by atoms with Gasteiger partial charge in [0.05, 0.1) is 12.7 Å². The molecule has 0 saturated carbocycles. The first-order chi connectivity index (χ1) is 12.3. The number of nitroso groups, excluding NO2 is 1. The van der Waals surface area contributed by atoms with E-state index in [4.69, 9.17) is 4.74 Å². The van der Waals surface area contributed by atoms with Crippen molar-refractivity contribution < 1.29 is 14.6 Å². The number of aromatic hydroxyl groups is 1. The molecule has 1 aliphatic rings. The molecule has 5 heteroatoms. The number of rotatable bonds is 6. The summed E-state index contributed by atoms with van der Waals surface area (Å²) in [7, 11) is 1.28. The molecule has 1 aromatic carbocycles. The lowest BCUT2D eigenvalue weighted by molar-refractivity contribution is 0.0600. The Bertz CT molecular complexity index is 764. The summed E-state index contributed by atoms with van der Waals surface area (Å²) in [6.45, 7) is 10.0. The maximum Gasteiger partial charge on any atom is 0.340 e. The minimum atomic E-state index is -0.604. The summed E-state index contributed by atoms with van der Waals surface area (Å²) < 4.78 is 4.89. The number of ether oxygens (including phenoxy) is 1. The van der Waals surface area contributed by atoms with Crippen molar-refractivity contribution in [2.75, 3.05) is 7.11 Å². The SMILES string of the molecule is C=C(C)[C@@H]1CCC(C)=C[C@H]1c1c(O)cc(CCC)c(C(=O)OC)c1N=O. The molecule has 0 saturated heterocycles. The van der Waals surface area contributed by atoms with Gasteiger partial charge in [0.25, 0.3) is 0 Å². The Hall–Kier alpha value is -2.43. The van der Waals surface area contributed by atoms with Gasteiger partial charge in [0.15, 0.2) is 0 Å². The fourth-order valence-corrected chi connectivity index (χ4v) is 3.85. The second kappa shape index (κ2) is 8.30. The molecule has 0 bridgehead atoms. The van der Waals surface area contributed by atoms with Crippen LogP contribution in [-0.4, -0.2) is 18.2 Å². The number of phenolic OH excluding ortho intramolecular Hbond substituents is 1. The highest BCUT2D eigenvalue weighted by Gasteiger charge is 2.33. The number of allylic oxidation sites excluding steroid dienone is 3. The number of hydrogen-bond donors (Lipinski definition) is 1. The van der Waals surface area contributed by atoms with Gasteiger partial charge in [0.2, 0.25) is 0 Å². The molecule has 0 amide bonds. The van der Waals surface area contributed by atoms with E-state index in [0.717, 1.165) is 24.8 Å². The highest BCUT2D eigenvalue weighted by atomic mass is 16.5. The molecule has 0 radical (unpaired) electrons. The predicted octanol–water partition coefficient (Wildman–Crippen LogP) is 5.55. The maximum atomic E-state index is 12.4. The topological polar surface area (TPSA) is 76.0 Å². The molecule has 0 aromatic heterocycles. The smallest absolute Gasteiger partial charge is 0.340 e. The lowest BCUT2D eigenvalue weighted by Gasteiger charge is -2.32. The van der Waals surface area contributed by atoms with Crippen molar-refractivity contribution in [2.45, 2.75) is 52.4 Å². The molecule has 0 spiro atoms. The second-order valence-corrected chi connectivity index (χ2v) is 7.06. The van der Waals surface area contributed by atoms with E-state index in [9.17, 15) is 14.8 Å². The molecule has 0 unspecified atom stereocenters. The monoisotopic (exact) mass is 357 g/mol. The average Bonchev–Trinajstić information content (AvgIpc) is 2.60. The molecular weight excluding hydrogens is 330 g/mol. The van der Waals surface area contributed by atoms with Crippen LogP contribution in [0.3, 0.4) is 0 Å². The number of esters is 1. The summed E-state index contributed by atoms with van der Waals surface area (Å²) >= 11 is 0. The first-order valence-electron chi connectivity index (χ1n) is 8.98. The van der Waals surface area contributed by atoms with Gasteiger partial charge in [-0.15, -0.1) is 4.91 Å². The van der Waals surface area contributed by atoms with Gasteiger partial charge < -0.3 is 9.84 Å². The molecule has 0 aliphatic heterocycles. The van der Waals surface area contributed by atoms with Gasteiger partial charge >= 0.3 is 5.97 Å². The first-order valence-corrected chi connectivity index (χ1v) is 8.98. The summed E-state index contributed by atoms with van der Waals surface area (Å²) in [5.41, 5.74) is 3.29. The normalized spacial score (nSPS) is 19.6. The Morgan fingerprint density at radius 3 is 2.69 bits per heavy atom. The van der Waals surface area contributed by atoms with Crippen LogP contribution < -0.4 is 0 Å². The molecule has 5 nitrogen and oxygen atoms in total. The van der Waals surface area contributed by atoms with Crippen LogP contribution in [0.15, 0.2) is 35.0 Å². The standard InChI is InChI=1S/C21H27NO4/c1-6-7-14-11-17(23)19(20(22-25)18(14)21(24)26-5)16-10-13(4)8-9-15(16)12(2)3/h10-11,15-16,23H,2,6-9H2,1,3-5H3/t15-,16+/m0/s1. The van der Waals surface area contributed by atoms with Crippen molar-refractivity contribution in [2.24, 2.45) is 11.1 Å². The van der Waals surface area contributed by atoms with E-state index >= 15 is 0 Å². The van der Waals surface area contributed by atoms with Crippen LogP contribution in [0.1, 0.15) is 67.4 Å². The number of benzene rings is 1. The summed E-state index contributed by atoms with van der Waals surface area (Å²) in [6.07, 6.45) is 5.18. The van der Waals surface area contributed by atoms with Crippen molar-refractivity contribution >= 4 is 11.7 Å². The van der Waals surface area contributed by atoms with Crippen molar-refractivity contribution in [3.63, 3.8) is 0 Å². The van der Waals surface area contributed by atoms with Crippen LogP contribution in [0.5, 0.6) is 5.75 Å². The van der Waals surface area contributed by atoms with Crippen LogP contribution in [0.4, 0.5) is 5.69 Å². The average molecular weight is 357 g/mol. The van der Waals surface area contributed by atoms with Crippen molar-refractivity contribution in [1.82, 2.24) is 0 Å². The fourth-order valence-electron chi connectivity index (χ4n) is 3.85. The lowest BCUT2D eigenvalue weighted by Crippen LogP contribution is -2.18. The molecule has 1 aromatic rings. The molecule has 1 aliphatic carbocycles. The predicted molar refractivity (Wildman–Crippen MR) is 103 cm³/mol. The molecule has 0 heterocycles. The largest absolute Gasteiger partial charge is 0.508 e. The van der Waals surface area contributed by atoms with Gasteiger partial charge in [0, 0.05) is 11.5 Å². The number of nitrogens with zero attached hydrogens (tertiary/aromatic N) is 1. The molecular formula is C21H27NO4. The molecule has 1 N–H and O–H groups in total. The van der Waals surface area contributed by atoms with Crippen molar-refractivity contribution in [3.05, 3.63) is 51.5 Å². The Kier molecular flexibility index (Phi) is 6.35. The molecule has 2 atom stereocenters. The Morgan fingerprint density at radius 2 is 2.15 bits per heavy atom. The van der Waals surface area contributed by atoms with E-state index in [-0.39, 0.29) is 28.8 Å².